The minimum atomic E-state index is -0.156. The summed E-state index contributed by atoms with van der Waals surface area (Å²) in [6.07, 6.45) is 10.8. The molecule has 0 spiro atoms. The van der Waals surface area contributed by atoms with Gasteiger partial charge in [-0.1, -0.05) is 6.42 Å². The quantitative estimate of drug-likeness (QED) is 0.889. The number of aryl methyl sites for hydroxylation is 1. The minimum absolute atomic E-state index is 0.0648. The van der Waals surface area contributed by atoms with Crippen LogP contribution >= 0.6 is 0 Å². The maximum Gasteiger partial charge on any atom is 0.290 e. The van der Waals surface area contributed by atoms with Crippen LogP contribution in [0.5, 0.6) is 0 Å². The average Bonchev–Trinajstić information content (AvgIpc) is 3.34. The Balaban J connectivity index is 1.60. The molecule has 0 unspecified atom stereocenters. The van der Waals surface area contributed by atoms with Gasteiger partial charge in [0.1, 0.15) is 0 Å². The number of imidazole rings is 1. The molecule has 8 nitrogen and oxygen atoms in total. The Labute approximate surface area is 153 Å². The molecule has 140 valence electrons. The molecular formula is C18H26N6O2. The third kappa shape index (κ3) is 3.52. The molecule has 1 amide bonds. The molecule has 2 aliphatic heterocycles. The van der Waals surface area contributed by atoms with E-state index in [4.69, 9.17) is 4.74 Å². The van der Waals surface area contributed by atoms with Gasteiger partial charge in [0.25, 0.3) is 5.91 Å². The fraction of sp³-hybridized carbons (Fsp3) is 0.611. The number of amides is 1. The molecule has 8 heteroatoms. The van der Waals surface area contributed by atoms with Crippen molar-refractivity contribution in [1.82, 2.24) is 29.5 Å². The highest BCUT2D eigenvalue weighted by Gasteiger charge is 2.39. The molecule has 2 aromatic rings. The van der Waals surface area contributed by atoms with Crippen molar-refractivity contribution in [3.63, 3.8) is 0 Å². The molecule has 2 saturated heterocycles. The molecule has 0 radical (unpaired) electrons. The number of morpholine rings is 1. The van der Waals surface area contributed by atoms with E-state index >= 15 is 0 Å². The predicted molar refractivity (Wildman–Crippen MR) is 95.6 cm³/mol. The van der Waals surface area contributed by atoms with Crippen molar-refractivity contribution in [3.05, 3.63) is 36.2 Å². The van der Waals surface area contributed by atoms with E-state index in [0.29, 0.717) is 19.0 Å². The van der Waals surface area contributed by atoms with Gasteiger partial charge in [0.2, 0.25) is 0 Å². The maximum absolute atomic E-state index is 13.0. The predicted octanol–water partition coefficient (Wildman–Crippen LogP) is 1.21. The lowest BCUT2D eigenvalue weighted by Gasteiger charge is -2.42. The van der Waals surface area contributed by atoms with Gasteiger partial charge in [-0.05, 0) is 25.9 Å². The van der Waals surface area contributed by atoms with E-state index in [1.165, 1.54) is 19.3 Å². The van der Waals surface area contributed by atoms with Crippen LogP contribution in [0.1, 0.15) is 41.5 Å². The zero-order chi connectivity index (χ0) is 17.9. The molecule has 0 aliphatic carbocycles. The van der Waals surface area contributed by atoms with Crippen LogP contribution in [0.15, 0.2) is 24.8 Å². The summed E-state index contributed by atoms with van der Waals surface area (Å²) in [5.74, 6) is 0.285. The van der Waals surface area contributed by atoms with E-state index in [1.807, 2.05) is 24.3 Å². The topological polar surface area (TPSA) is 79.3 Å². The summed E-state index contributed by atoms with van der Waals surface area (Å²) in [5.41, 5.74) is 1.01. The van der Waals surface area contributed by atoms with Gasteiger partial charge in [-0.3, -0.25) is 9.48 Å². The summed E-state index contributed by atoms with van der Waals surface area (Å²) in [6.45, 7) is 4.14. The second kappa shape index (κ2) is 7.59. The summed E-state index contributed by atoms with van der Waals surface area (Å²) in [4.78, 5) is 24.4. The number of hydrogen-bond acceptors (Lipinski definition) is 5. The summed E-state index contributed by atoms with van der Waals surface area (Å²) in [7, 11) is 1.89. The van der Waals surface area contributed by atoms with Crippen molar-refractivity contribution >= 4 is 5.91 Å². The van der Waals surface area contributed by atoms with Crippen molar-refractivity contribution in [1.29, 1.82) is 0 Å². The van der Waals surface area contributed by atoms with Crippen molar-refractivity contribution in [2.45, 2.75) is 31.4 Å². The SMILES string of the molecule is Cn1cc([C@H]2[C@H](CN3CCCCC3)OCCN2C(=O)c2ncc[nH]2)cn1. The maximum atomic E-state index is 13.0. The van der Waals surface area contributed by atoms with Crippen LogP contribution in [0.2, 0.25) is 0 Å². The summed E-state index contributed by atoms with van der Waals surface area (Å²) in [6, 6.07) is -0.156. The highest BCUT2D eigenvalue weighted by molar-refractivity contribution is 5.91. The molecular weight excluding hydrogens is 332 g/mol. The number of H-pyrrole nitrogens is 1. The molecule has 0 bridgehead atoms. The third-order valence-electron chi connectivity index (χ3n) is 5.27. The van der Waals surface area contributed by atoms with Crippen LogP contribution < -0.4 is 0 Å². The van der Waals surface area contributed by atoms with Gasteiger partial charge in [-0.15, -0.1) is 0 Å². The zero-order valence-corrected chi connectivity index (χ0v) is 15.2. The smallest absolute Gasteiger partial charge is 0.290 e. The van der Waals surface area contributed by atoms with Gasteiger partial charge in [0, 0.05) is 44.3 Å². The Morgan fingerprint density at radius 2 is 2.15 bits per heavy atom. The lowest BCUT2D eigenvalue weighted by atomic mass is 9.99. The molecule has 2 aromatic heterocycles. The van der Waals surface area contributed by atoms with Gasteiger partial charge >= 0.3 is 0 Å². The monoisotopic (exact) mass is 358 g/mol. The first-order valence-electron chi connectivity index (χ1n) is 9.35. The van der Waals surface area contributed by atoms with Crippen LogP contribution in [0.3, 0.4) is 0 Å². The minimum Gasteiger partial charge on any atom is -0.373 e. The fourth-order valence-corrected chi connectivity index (χ4v) is 4.02. The first kappa shape index (κ1) is 17.2. The fourth-order valence-electron chi connectivity index (χ4n) is 4.02. The number of nitrogens with one attached hydrogen (secondary N) is 1. The summed E-state index contributed by atoms with van der Waals surface area (Å²) >= 11 is 0. The third-order valence-corrected chi connectivity index (χ3v) is 5.27. The first-order valence-corrected chi connectivity index (χ1v) is 9.35. The lowest BCUT2D eigenvalue weighted by molar-refractivity contribution is -0.0744. The number of piperidine rings is 1. The van der Waals surface area contributed by atoms with Gasteiger partial charge < -0.3 is 19.5 Å². The zero-order valence-electron chi connectivity index (χ0n) is 15.2. The van der Waals surface area contributed by atoms with Crippen molar-refractivity contribution < 1.29 is 9.53 Å². The largest absolute Gasteiger partial charge is 0.373 e. The Bertz CT molecular complexity index is 722. The number of carbonyl (C=O) groups is 1. The number of ether oxygens (including phenoxy) is 1. The highest BCUT2D eigenvalue weighted by Crippen LogP contribution is 2.31. The molecule has 2 atom stereocenters. The van der Waals surface area contributed by atoms with E-state index < -0.39 is 0 Å². The van der Waals surface area contributed by atoms with Crippen molar-refractivity contribution in [2.24, 2.45) is 7.05 Å². The molecule has 1 N–H and O–H groups in total. The molecule has 4 heterocycles. The van der Waals surface area contributed by atoms with Gasteiger partial charge in [-0.25, -0.2) is 4.98 Å². The summed E-state index contributed by atoms with van der Waals surface area (Å²) in [5, 5.41) is 4.32. The van der Waals surface area contributed by atoms with E-state index in [-0.39, 0.29) is 18.1 Å². The lowest BCUT2D eigenvalue weighted by Crippen LogP contribution is -2.52. The highest BCUT2D eigenvalue weighted by atomic mass is 16.5. The Morgan fingerprint density at radius 1 is 1.31 bits per heavy atom. The van der Waals surface area contributed by atoms with E-state index in [2.05, 4.69) is 20.0 Å². The standard InChI is InChI=1S/C18H26N6O2/c1-22-12-14(11-21-22)16-15(13-23-7-3-2-4-8-23)26-10-9-24(16)18(25)17-19-5-6-20-17/h5-6,11-12,15-16H,2-4,7-10,13H2,1H3,(H,19,20)/t15-,16-/m0/s1. The van der Waals surface area contributed by atoms with Crippen LogP contribution in [-0.4, -0.2) is 74.3 Å². The van der Waals surface area contributed by atoms with Crippen LogP contribution in [0.25, 0.3) is 0 Å². The van der Waals surface area contributed by atoms with E-state index in [1.54, 1.807) is 17.1 Å². The van der Waals surface area contributed by atoms with Gasteiger partial charge in [-0.2, -0.15) is 5.10 Å². The molecule has 0 aromatic carbocycles. The number of aromatic nitrogens is 4. The second-order valence-corrected chi connectivity index (χ2v) is 7.10. The Kier molecular flexibility index (Phi) is 5.03. The Morgan fingerprint density at radius 3 is 2.85 bits per heavy atom. The average molecular weight is 358 g/mol. The van der Waals surface area contributed by atoms with E-state index in [9.17, 15) is 4.79 Å². The molecule has 4 rings (SSSR count). The Hall–Kier alpha value is -2.19. The van der Waals surface area contributed by atoms with Gasteiger partial charge in [0.15, 0.2) is 5.82 Å². The van der Waals surface area contributed by atoms with Crippen LogP contribution in [-0.2, 0) is 11.8 Å². The van der Waals surface area contributed by atoms with Crippen molar-refractivity contribution in [3.8, 4) is 0 Å². The first-order chi connectivity index (χ1) is 12.7. The summed E-state index contributed by atoms with van der Waals surface area (Å²) < 4.78 is 7.93. The molecule has 2 fully saturated rings. The van der Waals surface area contributed by atoms with Crippen LogP contribution in [0, 0.1) is 0 Å². The molecule has 2 aliphatic rings. The van der Waals surface area contributed by atoms with Gasteiger partial charge in [0.05, 0.1) is 24.9 Å². The second-order valence-electron chi connectivity index (χ2n) is 7.10. The number of carbonyl (C=O) groups excluding carboxylic acids is 1. The normalized spacial score (nSPS) is 24.7. The number of rotatable bonds is 4. The number of likely N-dealkylation sites (tertiary alicyclic amines) is 1. The van der Waals surface area contributed by atoms with E-state index in [0.717, 1.165) is 25.2 Å². The molecule has 0 saturated carbocycles. The van der Waals surface area contributed by atoms with Crippen molar-refractivity contribution in [2.75, 3.05) is 32.8 Å². The number of aromatic amines is 1. The number of nitrogens with zero attached hydrogens (tertiary/aromatic N) is 5. The molecule has 26 heavy (non-hydrogen) atoms. The number of hydrogen-bond donors (Lipinski definition) is 1. The van der Waals surface area contributed by atoms with Crippen LogP contribution in [0.4, 0.5) is 0 Å².